The van der Waals surface area contributed by atoms with Crippen LogP contribution in [0.2, 0.25) is 4.34 Å². The molecular formula is C23H22ClFN6O3S2. The molecule has 1 aromatic carbocycles. The Morgan fingerprint density at radius 2 is 2.00 bits per heavy atom. The zero-order valence-electron chi connectivity index (χ0n) is 19.1. The fourth-order valence-corrected chi connectivity index (χ4v) is 5.90. The quantitative estimate of drug-likeness (QED) is 0.391. The minimum Gasteiger partial charge on any atom is -0.382 e. The van der Waals surface area contributed by atoms with Crippen LogP contribution in [0.25, 0.3) is 16.8 Å². The van der Waals surface area contributed by atoms with Gasteiger partial charge in [0.1, 0.15) is 18.0 Å². The molecule has 4 heterocycles. The van der Waals surface area contributed by atoms with Crippen molar-refractivity contribution in [1.29, 1.82) is 0 Å². The molecular weight excluding hydrogens is 527 g/mol. The van der Waals surface area contributed by atoms with E-state index < -0.39 is 22.1 Å². The smallest absolute Gasteiger partial charge is 0.261 e. The van der Waals surface area contributed by atoms with E-state index >= 15 is 0 Å². The number of thiophene rings is 1. The number of hydrogen-bond donors (Lipinski definition) is 2. The number of anilines is 2. The third-order valence-corrected chi connectivity index (χ3v) is 8.48. The number of piperidine rings is 1. The van der Waals surface area contributed by atoms with Crippen LogP contribution in [0.4, 0.5) is 15.9 Å². The van der Waals surface area contributed by atoms with Crippen molar-refractivity contribution in [2.75, 3.05) is 30.0 Å². The maximum absolute atomic E-state index is 14.8. The van der Waals surface area contributed by atoms with Gasteiger partial charge < -0.3 is 16.0 Å². The monoisotopic (exact) mass is 548 g/mol. The van der Waals surface area contributed by atoms with Crippen molar-refractivity contribution in [1.82, 2.24) is 19.9 Å². The number of sulfone groups is 1. The van der Waals surface area contributed by atoms with Crippen LogP contribution in [0.5, 0.6) is 0 Å². The van der Waals surface area contributed by atoms with Gasteiger partial charge in [0.2, 0.25) is 0 Å². The van der Waals surface area contributed by atoms with E-state index in [1.54, 1.807) is 28.8 Å². The summed E-state index contributed by atoms with van der Waals surface area (Å²) in [5, 5.41) is 7.14. The predicted molar refractivity (Wildman–Crippen MR) is 138 cm³/mol. The minimum absolute atomic E-state index is 0.206. The first-order chi connectivity index (χ1) is 17.1. The van der Waals surface area contributed by atoms with Crippen LogP contribution in [0.3, 0.4) is 0 Å². The summed E-state index contributed by atoms with van der Waals surface area (Å²) in [4.78, 5) is 19.3. The van der Waals surface area contributed by atoms with Gasteiger partial charge in [-0.2, -0.15) is 5.10 Å². The Bertz CT molecular complexity index is 1550. The number of carbonyl (C=O) groups excluding carboxylic acids is 1. The van der Waals surface area contributed by atoms with Gasteiger partial charge in [0.05, 0.1) is 31.5 Å². The first-order valence-electron chi connectivity index (χ1n) is 11.0. The zero-order valence-corrected chi connectivity index (χ0v) is 21.4. The SMILES string of the molecule is CS(=O)(=O)c1ccc(-c2cc(N3CC[C@@H](F)[C@H](NC(=O)c4ccc(Cl)s4)C3)c3c(N)ncnn23)cc1. The van der Waals surface area contributed by atoms with E-state index in [-0.39, 0.29) is 29.6 Å². The summed E-state index contributed by atoms with van der Waals surface area (Å²) in [6, 6.07) is 10.8. The van der Waals surface area contributed by atoms with E-state index in [2.05, 4.69) is 15.4 Å². The molecule has 1 fully saturated rings. The number of nitrogens with one attached hydrogen (secondary N) is 1. The van der Waals surface area contributed by atoms with Gasteiger partial charge in [0.15, 0.2) is 15.7 Å². The van der Waals surface area contributed by atoms with E-state index in [0.29, 0.717) is 32.7 Å². The highest BCUT2D eigenvalue weighted by Crippen LogP contribution is 2.36. The van der Waals surface area contributed by atoms with Gasteiger partial charge in [0, 0.05) is 24.9 Å². The first kappa shape index (κ1) is 24.5. The molecule has 1 saturated heterocycles. The number of hydrogen-bond acceptors (Lipinski definition) is 8. The number of benzene rings is 1. The highest BCUT2D eigenvalue weighted by atomic mass is 35.5. The first-order valence-corrected chi connectivity index (χ1v) is 14.1. The van der Waals surface area contributed by atoms with Crippen LogP contribution in [-0.4, -0.2) is 60.5 Å². The maximum atomic E-state index is 14.8. The van der Waals surface area contributed by atoms with E-state index in [0.717, 1.165) is 23.2 Å². The molecule has 0 unspecified atom stereocenters. The molecule has 0 aliphatic carbocycles. The number of carbonyl (C=O) groups is 1. The lowest BCUT2D eigenvalue weighted by atomic mass is 10.0. The normalized spacial score (nSPS) is 18.5. The zero-order chi connectivity index (χ0) is 25.6. The van der Waals surface area contributed by atoms with Crippen molar-refractivity contribution < 1.29 is 17.6 Å². The Kier molecular flexibility index (Phi) is 6.35. The Labute approximate surface area is 215 Å². The lowest BCUT2D eigenvalue weighted by Crippen LogP contribution is -2.53. The molecule has 0 spiro atoms. The summed E-state index contributed by atoms with van der Waals surface area (Å²) in [5.41, 5.74) is 8.86. The highest BCUT2D eigenvalue weighted by molar-refractivity contribution is 7.90. The number of rotatable bonds is 5. The number of nitrogen functional groups attached to an aromatic ring is 1. The Hall–Kier alpha value is -3.22. The van der Waals surface area contributed by atoms with Crippen LogP contribution in [0, 0.1) is 0 Å². The van der Waals surface area contributed by atoms with Gasteiger partial charge in [-0.1, -0.05) is 23.7 Å². The van der Waals surface area contributed by atoms with Crippen LogP contribution in [-0.2, 0) is 9.84 Å². The van der Waals surface area contributed by atoms with Gasteiger partial charge in [0.25, 0.3) is 5.91 Å². The van der Waals surface area contributed by atoms with Crippen LogP contribution in [0.15, 0.2) is 53.7 Å². The van der Waals surface area contributed by atoms with Crippen molar-refractivity contribution >= 4 is 55.7 Å². The molecule has 1 amide bonds. The third kappa shape index (κ3) is 4.63. The van der Waals surface area contributed by atoms with Crippen molar-refractivity contribution in [2.45, 2.75) is 23.5 Å². The average molecular weight is 549 g/mol. The summed E-state index contributed by atoms with van der Waals surface area (Å²) in [6.45, 7) is 0.616. The van der Waals surface area contributed by atoms with Gasteiger partial charge in [-0.15, -0.1) is 11.3 Å². The van der Waals surface area contributed by atoms with Crippen LogP contribution >= 0.6 is 22.9 Å². The second-order valence-electron chi connectivity index (χ2n) is 8.55. The molecule has 2 atom stereocenters. The van der Waals surface area contributed by atoms with Crippen LogP contribution in [0.1, 0.15) is 16.1 Å². The predicted octanol–water partition coefficient (Wildman–Crippen LogP) is 3.44. The van der Waals surface area contributed by atoms with Gasteiger partial charge >= 0.3 is 0 Å². The molecule has 3 N–H and O–H groups in total. The molecule has 3 aromatic heterocycles. The molecule has 4 aromatic rings. The number of amides is 1. The molecule has 1 aliphatic heterocycles. The Morgan fingerprint density at radius 3 is 2.67 bits per heavy atom. The topological polar surface area (TPSA) is 123 Å². The lowest BCUT2D eigenvalue weighted by Gasteiger charge is -2.36. The molecule has 0 radical (unpaired) electrons. The number of aromatic nitrogens is 3. The Balaban J connectivity index is 1.49. The molecule has 13 heteroatoms. The minimum atomic E-state index is -3.34. The maximum Gasteiger partial charge on any atom is 0.261 e. The van der Waals surface area contributed by atoms with Crippen molar-refractivity contribution in [3.63, 3.8) is 0 Å². The molecule has 9 nitrogen and oxygen atoms in total. The van der Waals surface area contributed by atoms with Crippen LogP contribution < -0.4 is 16.0 Å². The number of nitrogens with zero attached hydrogens (tertiary/aromatic N) is 4. The van der Waals surface area contributed by atoms with Gasteiger partial charge in [-0.3, -0.25) is 4.79 Å². The number of alkyl halides is 1. The van der Waals surface area contributed by atoms with Crippen molar-refractivity contribution in [2.24, 2.45) is 0 Å². The number of fused-ring (bicyclic) bond motifs is 1. The number of halogens is 2. The fraction of sp³-hybridized carbons (Fsp3) is 0.261. The summed E-state index contributed by atoms with van der Waals surface area (Å²) in [5.74, 6) is -0.132. The second kappa shape index (κ2) is 9.34. The largest absolute Gasteiger partial charge is 0.382 e. The standard InChI is InChI=1S/C23H22ClFN6O3S2/c1-36(33,34)14-4-2-13(3-5-14)17-10-18(21-22(26)27-12-28-31(17)21)30-9-8-15(25)16(11-30)29-23(32)19-6-7-20(24)35-19/h2-7,10,12,15-16H,8-9,11H2,1H3,(H,29,32)(H2,26,27,28)/t15-,16-/m1/s1. The molecule has 36 heavy (non-hydrogen) atoms. The molecule has 1 aliphatic rings. The summed E-state index contributed by atoms with van der Waals surface area (Å²) >= 11 is 7.07. The molecule has 0 saturated carbocycles. The molecule has 188 valence electrons. The van der Waals surface area contributed by atoms with Gasteiger partial charge in [-0.05, 0) is 36.8 Å². The van der Waals surface area contributed by atoms with E-state index in [4.69, 9.17) is 17.3 Å². The second-order valence-corrected chi connectivity index (χ2v) is 12.3. The summed E-state index contributed by atoms with van der Waals surface area (Å²) < 4.78 is 40.7. The van der Waals surface area contributed by atoms with Crippen molar-refractivity contribution in [3.05, 3.63) is 58.0 Å². The lowest BCUT2D eigenvalue weighted by molar-refractivity contribution is 0.0904. The van der Waals surface area contributed by atoms with E-state index in [1.165, 1.54) is 18.5 Å². The molecule has 5 rings (SSSR count). The van der Waals surface area contributed by atoms with E-state index in [1.807, 2.05) is 11.0 Å². The fourth-order valence-electron chi connectivity index (χ4n) is 4.32. The molecule has 0 bridgehead atoms. The summed E-state index contributed by atoms with van der Waals surface area (Å²) in [6.07, 6.45) is 1.48. The van der Waals surface area contributed by atoms with Crippen molar-refractivity contribution in [3.8, 4) is 11.3 Å². The summed E-state index contributed by atoms with van der Waals surface area (Å²) in [7, 11) is -3.34. The van der Waals surface area contributed by atoms with E-state index in [9.17, 15) is 17.6 Å². The number of nitrogens with two attached hydrogens (primary N) is 1. The third-order valence-electron chi connectivity index (χ3n) is 6.12. The average Bonchev–Trinajstić information content (AvgIpc) is 3.45. The van der Waals surface area contributed by atoms with Gasteiger partial charge in [-0.25, -0.2) is 22.3 Å². The highest BCUT2D eigenvalue weighted by Gasteiger charge is 2.33. The Morgan fingerprint density at radius 1 is 1.25 bits per heavy atom.